The summed E-state index contributed by atoms with van der Waals surface area (Å²) in [6.07, 6.45) is -5.62. The molecule has 2 aliphatic rings. The lowest BCUT2D eigenvalue weighted by molar-refractivity contribution is -0.220. The van der Waals surface area contributed by atoms with Gasteiger partial charge in [0.05, 0.1) is 31.3 Å². The van der Waals surface area contributed by atoms with E-state index in [1.165, 1.54) is 45.2 Å². The minimum absolute atomic E-state index is 0.0340. The van der Waals surface area contributed by atoms with E-state index in [1.807, 2.05) is 5.32 Å². The second-order valence-corrected chi connectivity index (χ2v) is 15.7. The Morgan fingerprint density at radius 2 is 1.47 bits per heavy atom. The van der Waals surface area contributed by atoms with E-state index in [1.54, 1.807) is 4.90 Å². The zero-order chi connectivity index (χ0) is 39.8. The maximum atomic E-state index is 15.3. The molecule has 53 heavy (non-hydrogen) atoms. The van der Waals surface area contributed by atoms with Crippen molar-refractivity contribution in [1.82, 2.24) is 26.2 Å². The minimum atomic E-state index is -4.91. The first kappa shape index (κ1) is 43.5. The maximum absolute atomic E-state index is 15.3. The van der Waals surface area contributed by atoms with Gasteiger partial charge in [-0.3, -0.25) is 28.9 Å². The number of ether oxygens (including phenoxy) is 2. The van der Waals surface area contributed by atoms with E-state index in [0.29, 0.717) is 5.75 Å². The molecule has 0 spiro atoms. The van der Waals surface area contributed by atoms with Gasteiger partial charge in [0.15, 0.2) is 9.84 Å². The summed E-state index contributed by atoms with van der Waals surface area (Å²) >= 11 is 0. The van der Waals surface area contributed by atoms with Crippen LogP contribution in [0.15, 0.2) is 24.3 Å². The highest BCUT2D eigenvalue weighted by molar-refractivity contribution is 7.91. The Morgan fingerprint density at radius 1 is 0.887 bits per heavy atom. The molecule has 0 unspecified atom stereocenters. The highest BCUT2D eigenvalue weighted by Gasteiger charge is 2.61. The zero-order valence-corrected chi connectivity index (χ0v) is 30.6. The molecule has 1 aliphatic carbocycles. The first-order valence-electron chi connectivity index (χ1n) is 16.9. The molecule has 1 saturated heterocycles. The Bertz CT molecular complexity index is 1570. The molecule has 4 N–H and O–H groups in total. The van der Waals surface area contributed by atoms with E-state index >= 15 is 8.78 Å². The van der Waals surface area contributed by atoms with Crippen LogP contribution in [-0.2, 0) is 38.5 Å². The number of benzene rings is 1. The van der Waals surface area contributed by atoms with Crippen LogP contribution in [0.2, 0.25) is 0 Å². The van der Waals surface area contributed by atoms with Crippen molar-refractivity contribution in [3.63, 3.8) is 0 Å². The minimum Gasteiger partial charge on any atom is -0.497 e. The molecule has 0 radical (unpaired) electrons. The van der Waals surface area contributed by atoms with Crippen LogP contribution in [0, 0.1) is 11.3 Å². The molecule has 3 rings (SSSR count). The summed E-state index contributed by atoms with van der Waals surface area (Å²) in [6, 6.07) is -0.00155. The Labute approximate surface area is 304 Å². The van der Waals surface area contributed by atoms with E-state index in [0.717, 1.165) is 7.11 Å². The van der Waals surface area contributed by atoms with Crippen LogP contribution in [0.5, 0.6) is 5.75 Å². The highest BCUT2D eigenvalue weighted by atomic mass is 32.2. The Balaban J connectivity index is 1.80. The van der Waals surface area contributed by atoms with Crippen molar-refractivity contribution in [2.45, 2.75) is 69.8 Å². The number of sulfone groups is 1. The first-order chi connectivity index (χ1) is 24.7. The highest BCUT2D eigenvalue weighted by Crippen LogP contribution is 2.50. The number of nitrogens with zero attached hydrogens (tertiary/aromatic N) is 1. The molecule has 2 fully saturated rings. The molecule has 1 aliphatic heterocycles. The monoisotopic (exact) mass is 783 g/mol. The molecular formula is C33H46F5N5O9S. The molecular weight excluding hydrogens is 737 g/mol. The van der Waals surface area contributed by atoms with Crippen LogP contribution in [0.1, 0.15) is 51.1 Å². The number of carbonyl (C=O) groups excluding carboxylic acids is 5. The number of alkyl halides is 5. The van der Waals surface area contributed by atoms with Crippen molar-refractivity contribution >= 4 is 39.2 Å². The van der Waals surface area contributed by atoms with Gasteiger partial charge < -0.3 is 30.7 Å². The van der Waals surface area contributed by atoms with Crippen LogP contribution in [0.4, 0.5) is 22.0 Å². The fraction of sp³-hybridized carbons (Fsp3) is 0.667. The third kappa shape index (κ3) is 10.8. The smallest absolute Gasteiger partial charge is 0.403 e. The second kappa shape index (κ2) is 17.9. The number of Topliss-reactive ketones (excluding diaryl/α,β-unsaturated/α-hetero) is 1. The lowest BCUT2D eigenvalue weighted by Gasteiger charge is -2.32. The van der Waals surface area contributed by atoms with Crippen LogP contribution in [-0.4, -0.2) is 125 Å². The van der Waals surface area contributed by atoms with E-state index in [-0.39, 0.29) is 56.1 Å². The maximum Gasteiger partial charge on any atom is 0.403 e. The van der Waals surface area contributed by atoms with Gasteiger partial charge in [0.25, 0.3) is 5.91 Å². The van der Waals surface area contributed by atoms with Gasteiger partial charge in [-0.25, -0.2) is 8.42 Å². The number of amides is 4. The molecule has 0 aromatic heterocycles. The standard InChI is InChI=1S/C33H46F5N5O9S/c1-20(2)24(26(44)32(34,35)30(48)39-13-14-43-15-17-53(49,50)18-16-43)41-28(46)25(21-7-9-22(52-4)10-8-21)42-27(45)23(19-51-3)40-29(47)31(33(36,37)38)11-5-6-12-31/h7-10,20,23-25H,5-6,11-19H2,1-4H3,(H,39,48)(H,40,47)(H,41,46)(H,42,45)/t23-,24-,25-/m0/s1. The van der Waals surface area contributed by atoms with Crippen LogP contribution < -0.4 is 26.0 Å². The Hall–Kier alpha value is -3.91. The molecule has 0 bridgehead atoms. The van der Waals surface area contributed by atoms with E-state index in [2.05, 4.69) is 16.0 Å². The number of methoxy groups -OCH3 is 2. The molecule has 14 nitrogen and oxygen atoms in total. The lowest BCUT2D eigenvalue weighted by atomic mass is 9.84. The molecule has 1 saturated carbocycles. The lowest BCUT2D eigenvalue weighted by Crippen LogP contribution is -2.59. The van der Waals surface area contributed by atoms with Gasteiger partial charge in [-0.2, -0.15) is 22.0 Å². The van der Waals surface area contributed by atoms with Crippen molar-refractivity contribution in [2.75, 3.05) is 58.5 Å². The number of carbonyl (C=O) groups is 5. The van der Waals surface area contributed by atoms with E-state index in [4.69, 9.17) is 9.47 Å². The number of hydrogen-bond donors (Lipinski definition) is 4. The average Bonchev–Trinajstić information content (AvgIpc) is 3.62. The van der Waals surface area contributed by atoms with Gasteiger partial charge >= 0.3 is 12.1 Å². The predicted octanol–water partition coefficient (Wildman–Crippen LogP) is 1.30. The van der Waals surface area contributed by atoms with Crippen molar-refractivity contribution in [2.24, 2.45) is 11.3 Å². The molecule has 20 heteroatoms. The van der Waals surface area contributed by atoms with Crippen molar-refractivity contribution < 1.29 is 63.8 Å². The number of ketones is 1. The molecule has 3 atom stereocenters. The SMILES string of the molecule is COC[C@H](NC(=O)C1(C(F)(F)F)CCCC1)C(=O)N[C@H](C(=O)N[C@H](C(=O)C(F)(F)C(=O)NCCN1CCS(=O)(=O)CC1)C(C)C)c1ccc(OC)cc1. The van der Waals surface area contributed by atoms with E-state index < -0.39 is 100 Å². The summed E-state index contributed by atoms with van der Waals surface area (Å²) in [5.74, 6) is -13.3. The molecule has 1 heterocycles. The largest absolute Gasteiger partial charge is 0.497 e. The number of hydrogen-bond acceptors (Lipinski definition) is 10. The quantitative estimate of drug-likeness (QED) is 0.133. The number of rotatable bonds is 17. The second-order valence-electron chi connectivity index (χ2n) is 13.4. The number of halogens is 5. The predicted molar refractivity (Wildman–Crippen MR) is 179 cm³/mol. The zero-order valence-electron chi connectivity index (χ0n) is 29.8. The average molecular weight is 784 g/mol. The summed E-state index contributed by atoms with van der Waals surface area (Å²) in [7, 11) is -0.709. The van der Waals surface area contributed by atoms with Gasteiger partial charge in [-0.1, -0.05) is 38.8 Å². The summed E-state index contributed by atoms with van der Waals surface area (Å²) in [6.45, 7) is 2.06. The fourth-order valence-corrected chi connectivity index (χ4v) is 7.37. The van der Waals surface area contributed by atoms with Gasteiger partial charge in [-0.15, -0.1) is 0 Å². The normalized spacial score (nSPS) is 19.1. The van der Waals surface area contributed by atoms with Gasteiger partial charge in [0, 0.05) is 33.3 Å². The summed E-state index contributed by atoms with van der Waals surface area (Å²) < 4.78 is 106. The summed E-state index contributed by atoms with van der Waals surface area (Å²) in [4.78, 5) is 67.7. The molecule has 4 amide bonds. The van der Waals surface area contributed by atoms with Crippen molar-refractivity contribution in [1.29, 1.82) is 0 Å². The number of nitrogens with one attached hydrogen (secondary N) is 4. The molecule has 1 aromatic rings. The van der Waals surface area contributed by atoms with Crippen molar-refractivity contribution in [3.8, 4) is 5.75 Å². The van der Waals surface area contributed by atoms with Crippen LogP contribution >= 0.6 is 0 Å². The fourth-order valence-electron chi connectivity index (χ4n) is 6.09. The summed E-state index contributed by atoms with van der Waals surface area (Å²) in [5.41, 5.74) is -2.70. The van der Waals surface area contributed by atoms with Gasteiger partial charge in [0.1, 0.15) is 23.2 Å². The molecule has 298 valence electrons. The van der Waals surface area contributed by atoms with Gasteiger partial charge in [0.2, 0.25) is 23.5 Å². The third-order valence-corrected chi connectivity index (χ3v) is 11.0. The Kier molecular flexibility index (Phi) is 14.7. The van der Waals surface area contributed by atoms with Crippen LogP contribution in [0.25, 0.3) is 0 Å². The Morgan fingerprint density at radius 3 is 1.98 bits per heavy atom. The third-order valence-electron chi connectivity index (χ3n) is 9.38. The summed E-state index contributed by atoms with van der Waals surface area (Å²) in [5, 5.41) is 8.58. The van der Waals surface area contributed by atoms with Crippen LogP contribution in [0.3, 0.4) is 0 Å². The van der Waals surface area contributed by atoms with E-state index in [9.17, 15) is 45.6 Å². The topological polar surface area (TPSA) is 189 Å². The first-order valence-corrected chi connectivity index (χ1v) is 18.8. The molecule has 1 aromatic carbocycles. The van der Waals surface area contributed by atoms with Gasteiger partial charge in [-0.05, 0) is 36.5 Å². The van der Waals surface area contributed by atoms with Crippen molar-refractivity contribution in [3.05, 3.63) is 29.8 Å².